The first-order valence-corrected chi connectivity index (χ1v) is 5.92. The fourth-order valence-electron chi connectivity index (χ4n) is 2.03. The lowest BCUT2D eigenvalue weighted by molar-refractivity contribution is -0.384. The van der Waals surface area contributed by atoms with E-state index in [0.29, 0.717) is 22.7 Å². The van der Waals surface area contributed by atoms with Crippen molar-refractivity contribution in [3.8, 4) is 11.4 Å². The van der Waals surface area contributed by atoms with Crippen molar-refractivity contribution in [1.82, 2.24) is 15.0 Å². The van der Waals surface area contributed by atoms with E-state index in [-0.39, 0.29) is 5.69 Å². The third-order valence-electron chi connectivity index (χ3n) is 3.10. The minimum absolute atomic E-state index is 0.0284. The molecule has 2 aromatic heterocycles. The molecule has 3 N–H and O–H groups in total. The Morgan fingerprint density at radius 2 is 2.15 bits per heavy atom. The normalized spacial score (nSPS) is 10.8. The number of H-pyrrole nitrogens is 1. The van der Waals surface area contributed by atoms with Crippen LogP contribution in [0.15, 0.2) is 30.5 Å². The first kappa shape index (κ1) is 12.1. The number of benzene rings is 1. The van der Waals surface area contributed by atoms with Gasteiger partial charge in [0, 0.05) is 29.6 Å². The quantitative estimate of drug-likeness (QED) is 0.421. The van der Waals surface area contributed by atoms with Crippen LogP contribution in [0.4, 0.5) is 11.4 Å². The van der Waals surface area contributed by atoms with E-state index >= 15 is 0 Å². The zero-order valence-electron chi connectivity index (χ0n) is 10.6. The second-order valence-corrected chi connectivity index (χ2v) is 4.44. The summed E-state index contributed by atoms with van der Waals surface area (Å²) in [7, 11) is 0. The van der Waals surface area contributed by atoms with E-state index in [0.717, 1.165) is 11.1 Å². The maximum atomic E-state index is 10.8. The number of pyridine rings is 1. The van der Waals surface area contributed by atoms with E-state index in [4.69, 9.17) is 5.73 Å². The van der Waals surface area contributed by atoms with Crippen molar-refractivity contribution in [2.45, 2.75) is 6.92 Å². The minimum Gasteiger partial charge on any atom is -0.398 e. The molecule has 0 unspecified atom stereocenters. The highest BCUT2D eigenvalue weighted by Crippen LogP contribution is 2.29. The number of nitrogen functional groups attached to an aromatic ring is 1. The van der Waals surface area contributed by atoms with Crippen LogP contribution in [-0.2, 0) is 0 Å². The molecular weight excluding hydrogens is 258 g/mol. The number of non-ortho nitro benzene ring substituents is 1. The topological polar surface area (TPSA) is 111 Å². The van der Waals surface area contributed by atoms with Gasteiger partial charge in [-0.2, -0.15) is 0 Å². The number of imidazole rings is 1. The molecule has 0 spiro atoms. The molecule has 100 valence electrons. The van der Waals surface area contributed by atoms with Crippen LogP contribution in [0.5, 0.6) is 0 Å². The van der Waals surface area contributed by atoms with E-state index < -0.39 is 4.92 Å². The molecule has 0 radical (unpaired) electrons. The maximum absolute atomic E-state index is 10.8. The third kappa shape index (κ3) is 1.85. The summed E-state index contributed by atoms with van der Waals surface area (Å²) in [6, 6.07) is 6.13. The first-order chi connectivity index (χ1) is 9.56. The number of nitrogens with one attached hydrogen (secondary N) is 1. The number of anilines is 1. The Labute approximate surface area is 113 Å². The third-order valence-corrected chi connectivity index (χ3v) is 3.10. The number of aryl methyl sites for hydroxylation is 1. The number of nitro benzene ring substituents is 1. The molecule has 0 bridgehead atoms. The second kappa shape index (κ2) is 4.30. The fourth-order valence-corrected chi connectivity index (χ4v) is 2.03. The van der Waals surface area contributed by atoms with Crippen molar-refractivity contribution in [3.63, 3.8) is 0 Å². The number of hydrogen-bond donors (Lipinski definition) is 2. The molecule has 0 aliphatic heterocycles. The number of nitrogens with two attached hydrogens (primary N) is 1. The van der Waals surface area contributed by atoms with Gasteiger partial charge in [0.05, 0.1) is 10.4 Å². The predicted molar refractivity (Wildman–Crippen MR) is 75.1 cm³/mol. The number of fused-ring (bicyclic) bond motifs is 1. The van der Waals surface area contributed by atoms with Crippen LogP contribution in [0.3, 0.4) is 0 Å². The van der Waals surface area contributed by atoms with Gasteiger partial charge in [-0.15, -0.1) is 0 Å². The summed E-state index contributed by atoms with van der Waals surface area (Å²) < 4.78 is 0. The van der Waals surface area contributed by atoms with Gasteiger partial charge in [-0.05, 0) is 24.6 Å². The van der Waals surface area contributed by atoms with Gasteiger partial charge >= 0.3 is 0 Å². The van der Waals surface area contributed by atoms with E-state index in [9.17, 15) is 10.1 Å². The van der Waals surface area contributed by atoms with Crippen molar-refractivity contribution in [3.05, 3.63) is 46.1 Å². The van der Waals surface area contributed by atoms with Crippen LogP contribution in [0.25, 0.3) is 22.6 Å². The molecule has 7 nitrogen and oxygen atoms in total. The average molecular weight is 269 g/mol. The molecule has 0 saturated carbocycles. The lowest BCUT2D eigenvalue weighted by Crippen LogP contribution is -1.94. The number of aromatic amines is 1. The van der Waals surface area contributed by atoms with Gasteiger partial charge in [-0.3, -0.25) is 10.1 Å². The molecule has 0 aliphatic carbocycles. The van der Waals surface area contributed by atoms with Crippen molar-refractivity contribution in [1.29, 1.82) is 0 Å². The van der Waals surface area contributed by atoms with Crippen LogP contribution >= 0.6 is 0 Å². The van der Waals surface area contributed by atoms with Crippen molar-refractivity contribution in [2.75, 3.05) is 5.73 Å². The lowest BCUT2D eigenvalue weighted by atomic mass is 10.1. The number of nitrogens with zero attached hydrogens (tertiary/aromatic N) is 3. The molecule has 0 atom stereocenters. The molecular formula is C13H11N5O2. The van der Waals surface area contributed by atoms with Crippen LogP contribution < -0.4 is 5.73 Å². The van der Waals surface area contributed by atoms with Crippen molar-refractivity contribution in [2.24, 2.45) is 0 Å². The average Bonchev–Trinajstić information content (AvgIpc) is 2.84. The molecule has 2 heterocycles. The van der Waals surface area contributed by atoms with Gasteiger partial charge in [0.1, 0.15) is 5.82 Å². The summed E-state index contributed by atoms with van der Waals surface area (Å²) in [4.78, 5) is 22.0. The van der Waals surface area contributed by atoms with Crippen molar-refractivity contribution >= 4 is 22.5 Å². The largest absolute Gasteiger partial charge is 0.398 e. The monoisotopic (exact) mass is 269 g/mol. The minimum atomic E-state index is -0.463. The number of hydrogen-bond acceptors (Lipinski definition) is 5. The number of rotatable bonds is 2. The Hall–Kier alpha value is -2.96. The summed E-state index contributed by atoms with van der Waals surface area (Å²) in [5, 5.41) is 10.8. The Morgan fingerprint density at radius 3 is 2.85 bits per heavy atom. The summed E-state index contributed by atoms with van der Waals surface area (Å²) in [5.41, 5.74) is 9.13. The summed E-state index contributed by atoms with van der Waals surface area (Å²) >= 11 is 0. The molecule has 0 fully saturated rings. The van der Waals surface area contributed by atoms with Gasteiger partial charge in [-0.25, -0.2) is 9.97 Å². The molecule has 7 heteroatoms. The van der Waals surface area contributed by atoms with Crippen molar-refractivity contribution < 1.29 is 4.92 Å². The SMILES string of the molecule is Cc1ccnc2nc(-c3cc([N+](=O)[O-])ccc3N)[nH]c12. The highest BCUT2D eigenvalue weighted by molar-refractivity contribution is 5.82. The predicted octanol–water partition coefficient (Wildman–Crippen LogP) is 2.42. The lowest BCUT2D eigenvalue weighted by Gasteiger charge is -2.01. The van der Waals surface area contributed by atoms with Crippen LogP contribution in [0.2, 0.25) is 0 Å². The van der Waals surface area contributed by atoms with Crippen LogP contribution in [-0.4, -0.2) is 19.9 Å². The van der Waals surface area contributed by atoms with Gasteiger partial charge < -0.3 is 10.7 Å². The molecule has 20 heavy (non-hydrogen) atoms. The van der Waals surface area contributed by atoms with E-state index in [1.807, 2.05) is 13.0 Å². The Bertz CT molecular complexity index is 825. The highest BCUT2D eigenvalue weighted by atomic mass is 16.6. The maximum Gasteiger partial charge on any atom is 0.270 e. The van der Waals surface area contributed by atoms with E-state index in [1.165, 1.54) is 18.2 Å². The highest BCUT2D eigenvalue weighted by Gasteiger charge is 2.14. The summed E-state index contributed by atoms with van der Waals surface area (Å²) in [6.07, 6.45) is 1.67. The zero-order chi connectivity index (χ0) is 14.3. The first-order valence-electron chi connectivity index (χ1n) is 5.92. The molecule has 0 aliphatic rings. The standard InChI is InChI=1S/C13H11N5O2/c1-7-4-5-15-13-11(7)16-12(17-13)9-6-8(18(19)20)2-3-10(9)14/h2-6H,14H2,1H3,(H,15,16,17). The number of nitro groups is 1. The van der Waals surface area contributed by atoms with Gasteiger partial charge in [0.2, 0.25) is 0 Å². The van der Waals surface area contributed by atoms with Crippen LogP contribution in [0, 0.1) is 17.0 Å². The summed E-state index contributed by atoms with van der Waals surface area (Å²) in [6.45, 7) is 1.93. The number of aromatic nitrogens is 3. The zero-order valence-corrected chi connectivity index (χ0v) is 10.6. The molecule has 0 amide bonds. The molecule has 3 aromatic rings. The smallest absolute Gasteiger partial charge is 0.270 e. The van der Waals surface area contributed by atoms with Crippen LogP contribution in [0.1, 0.15) is 5.56 Å². The van der Waals surface area contributed by atoms with E-state index in [2.05, 4.69) is 15.0 Å². The Balaban J connectivity index is 2.22. The second-order valence-electron chi connectivity index (χ2n) is 4.44. The Morgan fingerprint density at radius 1 is 1.35 bits per heavy atom. The molecule has 0 saturated heterocycles. The fraction of sp³-hybridized carbons (Fsp3) is 0.0769. The van der Waals surface area contributed by atoms with Gasteiger partial charge in [0.15, 0.2) is 5.65 Å². The molecule has 3 rings (SSSR count). The Kier molecular flexibility index (Phi) is 2.60. The van der Waals surface area contributed by atoms with E-state index in [1.54, 1.807) is 6.20 Å². The molecule has 1 aromatic carbocycles. The summed E-state index contributed by atoms with van der Waals surface area (Å²) in [5.74, 6) is 0.475. The van der Waals surface area contributed by atoms with Gasteiger partial charge in [-0.1, -0.05) is 0 Å². The van der Waals surface area contributed by atoms with Gasteiger partial charge in [0.25, 0.3) is 5.69 Å².